The van der Waals surface area contributed by atoms with Gasteiger partial charge >= 0.3 is 10.1 Å². The van der Waals surface area contributed by atoms with Crippen molar-refractivity contribution in [3.05, 3.63) is 68.7 Å². The van der Waals surface area contributed by atoms with Gasteiger partial charge in [-0.15, -0.1) is 0 Å². The Morgan fingerprint density at radius 3 is 2.31 bits per heavy atom. The molecular formula is C18H12BrCl2N3O4S. The number of hydrogen-bond acceptors (Lipinski definition) is 4. The van der Waals surface area contributed by atoms with Crippen LogP contribution in [0.25, 0.3) is 0 Å². The number of carbonyl (C=O) groups is 1. The van der Waals surface area contributed by atoms with Gasteiger partial charge in [-0.2, -0.15) is 8.42 Å². The van der Waals surface area contributed by atoms with Crippen LogP contribution in [-0.4, -0.2) is 28.4 Å². The van der Waals surface area contributed by atoms with Crippen LogP contribution >= 0.6 is 39.1 Å². The van der Waals surface area contributed by atoms with Gasteiger partial charge in [0.2, 0.25) is 5.95 Å². The number of rotatable bonds is 4. The summed E-state index contributed by atoms with van der Waals surface area (Å²) in [4.78, 5) is 18.6. The first-order valence-electron chi connectivity index (χ1n) is 8.24. The molecule has 29 heavy (non-hydrogen) atoms. The summed E-state index contributed by atoms with van der Waals surface area (Å²) < 4.78 is 35.5. The number of amides is 1. The van der Waals surface area contributed by atoms with Crippen molar-refractivity contribution in [3.63, 3.8) is 0 Å². The molecular weight excluding hydrogens is 505 g/mol. The second-order valence-electron chi connectivity index (χ2n) is 6.39. The molecule has 1 N–H and O–H groups in total. The van der Waals surface area contributed by atoms with Crippen molar-refractivity contribution in [2.24, 2.45) is 0 Å². The predicted molar refractivity (Wildman–Crippen MR) is 113 cm³/mol. The fraction of sp³-hybridized carbons (Fsp3) is 0.111. The predicted octanol–water partition coefficient (Wildman–Crippen LogP) is 4.66. The van der Waals surface area contributed by atoms with Crippen LogP contribution in [0, 0.1) is 0 Å². The molecule has 3 aromatic rings. The quantitative estimate of drug-likeness (QED) is 0.509. The zero-order valence-electron chi connectivity index (χ0n) is 14.5. The van der Waals surface area contributed by atoms with Crippen molar-refractivity contribution in [1.82, 2.24) is 9.55 Å². The number of anilines is 2. The summed E-state index contributed by atoms with van der Waals surface area (Å²) in [5.74, 6) is -0.359. The van der Waals surface area contributed by atoms with Crippen LogP contribution in [0.5, 0.6) is 0 Å². The molecule has 4 rings (SSSR count). The van der Waals surface area contributed by atoms with E-state index in [1.807, 2.05) is 24.3 Å². The lowest BCUT2D eigenvalue weighted by atomic mass is 10.1. The van der Waals surface area contributed by atoms with Gasteiger partial charge in [0.15, 0.2) is 5.03 Å². The highest BCUT2D eigenvalue weighted by Crippen LogP contribution is 2.41. The highest BCUT2D eigenvalue weighted by molar-refractivity contribution is 9.10. The summed E-state index contributed by atoms with van der Waals surface area (Å²) in [5, 5.41) is 0.160. The minimum absolute atomic E-state index is 0.0584. The zero-order valence-corrected chi connectivity index (χ0v) is 18.4. The van der Waals surface area contributed by atoms with Crippen LogP contribution < -0.4 is 4.90 Å². The van der Waals surface area contributed by atoms with Crippen molar-refractivity contribution in [3.8, 4) is 0 Å². The smallest absolute Gasteiger partial charge is 0.286 e. The van der Waals surface area contributed by atoms with Gasteiger partial charge in [-0.05, 0) is 35.9 Å². The van der Waals surface area contributed by atoms with Gasteiger partial charge in [0, 0.05) is 20.9 Å². The first-order valence-corrected chi connectivity index (χ1v) is 11.2. The number of benzene rings is 2. The maximum absolute atomic E-state index is 13.3. The van der Waals surface area contributed by atoms with E-state index in [1.165, 1.54) is 27.7 Å². The van der Waals surface area contributed by atoms with Crippen molar-refractivity contribution in [2.75, 3.05) is 4.90 Å². The lowest BCUT2D eigenvalue weighted by Crippen LogP contribution is -2.27. The Kier molecular flexibility index (Phi) is 5.20. The van der Waals surface area contributed by atoms with Gasteiger partial charge in [-0.25, -0.2) is 9.88 Å². The summed E-state index contributed by atoms with van der Waals surface area (Å²) in [5.41, 5.74) is 1.15. The van der Waals surface area contributed by atoms with Gasteiger partial charge < -0.3 is 0 Å². The Morgan fingerprint density at radius 2 is 1.72 bits per heavy atom. The lowest BCUT2D eigenvalue weighted by Gasteiger charge is -2.16. The molecule has 150 valence electrons. The Morgan fingerprint density at radius 1 is 1.10 bits per heavy atom. The minimum Gasteiger partial charge on any atom is -0.286 e. The number of halogens is 3. The molecule has 0 radical (unpaired) electrons. The molecule has 0 aliphatic carbocycles. The molecule has 0 fully saturated rings. The fourth-order valence-electron chi connectivity index (χ4n) is 3.28. The minimum atomic E-state index is -4.60. The number of carbonyl (C=O) groups excluding carboxylic acids is 1. The normalized spacial score (nSPS) is 16.3. The van der Waals surface area contributed by atoms with E-state index >= 15 is 0 Å². The van der Waals surface area contributed by atoms with E-state index in [4.69, 9.17) is 23.2 Å². The highest BCUT2D eigenvalue weighted by Gasteiger charge is 2.43. The van der Waals surface area contributed by atoms with E-state index in [0.717, 1.165) is 16.2 Å². The largest absolute Gasteiger partial charge is 0.312 e. The average molecular weight is 517 g/mol. The molecule has 0 saturated carbocycles. The average Bonchev–Trinajstić information content (AvgIpc) is 3.15. The molecule has 0 bridgehead atoms. The van der Waals surface area contributed by atoms with Gasteiger partial charge in [0.05, 0.1) is 11.9 Å². The van der Waals surface area contributed by atoms with E-state index in [-0.39, 0.29) is 12.4 Å². The van der Waals surface area contributed by atoms with Gasteiger partial charge in [-0.1, -0.05) is 51.3 Å². The summed E-state index contributed by atoms with van der Waals surface area (Å²) >= 11 is 15.5. The molecule has 1 atom stereocenters. The molecule has 1 aliphatic rings. The second-order valence-corrected chi connectivity index (χ2v) is 9.55. The topological polar surface area (TPSA) is 92.5 Å². The van der Waals surface area contributed by atoms with E-state index in [9.17, 15) is 17.8 Å². The van der Waals surface area contributed by atoms with Crippen molar-refractivity contribution >= 4 is 66.8 Å². The first-order chi connectivity index (χ1) is 13.6. The number of nitrogens with zero attached hydrogens (tertiary/aromatic N) is 3. The van der Waals surface area contributed by atoms with Gasteiger partial charge in [-0.3, -0.25) is 13.9 Å². The fourth-order valence-corrected chi connectivity index (χ4v) is 4.70. The van der Waals surface area contributed by atoms with E-state index in [0.29, 0.717) is 15.7 Å². The summed E-state index contributed by atoms with van der Waals surface area (Å²) in [7, 11) is -4.60. The summed E-state index contributed by atoms with van der Waals surface area (Å²) in [6, 6.07) is 10.9. The Bertz CT molecular complexity index is 1210. The number of imidazole rings is 1. The van der Waals surface area contributed by atoms with Gasteiger partial charge in [0.1, 0.15) is 6.04 Å². The Balaban J connectivity index is 1.86. The molecule has 2 aromatic carbocycles. The zero-order chi connectivity index (χ0) is 20.9. The van der Waals surface area contributed by atoms with Gasteiger partial charge in [0.25, 0.3) is 5.91 Å². The molecule has 0 unspecified atom stereocenters. The summed E-state index contributed by atoms with van der Waals surface area (Å²) in [6.45, 7) is 0. The summed E-state index contributed by atoms with van der Waals surface area (Å²) in [6.07, 6.45) is 1.22. The molecule has 1 aromatic heterocycles. The van der Waals surface area contributed by atoms with E-state index < -0.39 is 27.1 Å². The van der Waals surface area contributed by atoms with Crippen LogP contribution in [-0.2, 0) is 21.3 Å². The Labute approximate surface area is 184 Å². The molecule has 2 heterocycles. The maximum atomic E-state index is 13.3. The maximum Gasteiger partial charge on any atom is 0.312 e. The first kappa shape index (κ1) is 20.4. The molecule has 0 spiro atoms. The van der Waals surface area contributed by atoms with Crippen LogP contribution in [0.2, 0.25) is 10.0 Å². The number of fused-ring (bicyclic) bond motifs is 1. The van der Waals surface area contributed by atoms with Crippen molar-refractivity contribution in [1.29, 1.82) is 0 Å². The van der Waals surface area contributed by atoms with E-state index in [1.54, 1.807) is 0 Å². The van der Waals surface area contributed by atoms with Crippen molar-refractivity contribution < 1.29 is 17.8 Å². The number of aromatic nitrogens is 2. The second kappa shape index (κ2) is 7.41. The molecule has 11 heteroatoms. The SMILES string of the molecule is O=C1[C@@H](Cc2ccc(Br)cc2)n2c(S(=O)(=O)O)cnc2N1c1cc(Cl)cc(Cl)c1. The third-order valence-corrected chi connectivity index (χ3v) is 6.27. The molecule has 1 amide bonds. The van der Waals surface area contributed by atoms with E-state index in [2.05, 4.69) is 20.9 Å². The monoisotopic (exact) mass is 515 g/mol. The van der Waals surface area contributed by atoms with Crippen LogP contribution in [0.3, 0.4) is 0 Å². The third kappa shape index (κ3) is 3.80. The highest BCUT2D eigenvalue weighted by atomic mass is 79.9. The molecule has 0 saturated heterocycles. The molecule has 1 aliphatic heterocycles. The molecule has 7 nitrogen and oxygen atoms in total. The van der Waals surface area contributed by atoms with Crippen LogP contribution in [0.4, 0.5) is 11.6 Å². The lowest BCUT2D eigenvalue weighted by molar-refractivity contribution is -0.119. The Hall–Kier alpha value is -1.91. The number of hydrogen-bond donors (Lipinski definition) is 1. The van der Waals surface area contributed by atoms with Crippen molar-refractivity contribution in [2.45, 2.75) is 17.5 Å². The van der Waals surface area contributed by atoms with Crippen LogP contribution in [0.1, 0.15) is 11.6 Å². The van der Waals surface area contributed by atoms with Crippen LogP contribution in [0.15, 0.2) is 58.2 Å². The standard InChI is InChI=1S/C18H12BrCl2N3O4S/c19-11-3-1-10(2-4-11)5-15-17(25)23(14-7-12(20)6-13(21)8-14)18-22-9-16(24(15)18)29(26,27)28/h1-4,6-9,15H,5H2,(H,26,27,28)/t15-/m1/s1. The third-order valence-electron chi connectivity index (χ3n) is 4.47.